The van der Waals surface area contributed by atoms with Gasteiger partial charge in [0, 0.05) is 0 Å². The lowest BCUT2D eigenvalue weighted by molar-refractivity contribution is -0.662. The molecule has 0 unspecified atom stereocenters. The molecular weight excluding hydrogens is 270 g/mol. The van der Waals surface area contributed by atoms with Crippen LogP contribution in [0.4, 0.5) is 0 Å². The summed E-state index contributed by atoms with van der Waals surface area (Å²) in [5.74, 6) is 2.94. The lowest BCUT2D eigenvalue weighted by Crippen LogP contribution is -2.85. The molecule has 0 spiro atoms. The summed E-state index contributed by atoms with van der Waals surface area (Å²) in [6.45, 7) is 2.75. The summed E-state index contributed by atoms with van der Waals surface area (Å²) in [6.07, 6.45) is 12.8. The summed E-state index contributed by atoms with van der Waals surface area (Å²) in [6, 6.07) is 0. The van der Waals surface area contributed by atoms with E-state index in [0.717, 1.165) is 22.0 Å². The molecule has 1 heterocycles. The molecular formula is C16H27NS2. The van der Waals surface area contributed by atoms with Crippen LogP contribution in [0.5, 0.6) is 0 Å². The van der Waals surface area contributed by atoms with E-state index in [0.29, 0.717) is 5.41 Å². The number of hydrogen-bond acceptors (Lipinski definition) is 2. The second kappa shape index (κ2) is 5.95. The lowest BCUT2D eigenvalue weighted by atomic mass is 9.50. The highest BCUT2D eigenvalue weighted by Gasteiger charge is 2.49. The van der Waals surface area contributed by atoms with Gasteiger partial charge in [0.1, 0.15) is 0 Å². The molecule has 19 heavy (non-hydrogen) atoms. The standard InChI is InChI=1S/C11H16S2.C5H11N/c12-10(13)11-4-7-1-8(5-11)3-9(2-7)6-11;1-2-4-6-5-3-1/h7-9H,1-6H2,(H,12,13);6H,1-5H2. The van der Waals surface area contributed by atoms with Crippen LogP contribution >= 0.6 is 12.2 Å². The molecule has 0 aromatic heterocycles. The molecule has 4 saturated carbocycles. The Hall–Kier alpha value is 0.270. The number of thiocarbonyl (C=S) groups is 1. The molecule has 0 atom stereocenters. The van der Waals surface area contributed by atoms with Crippen molar-refractivity contribution in [2.45, 2.75) is 57.8 Å². The Kier molecular flexibility index (Phi) is 4.45. The highest BCUT2D eigenvalue weighted by molar-refractivity contribution is 8.00. The van der Waals surface area contributed by atoms with E-state index in [2.05, 4.69) is 5.32 Å². The van der Waals surface area contributed by atoms with E-state index < -0.39 is 0 Å². The number of nitrogens with two attached hydrogens (primary N) is 1. The number of rotatable bonds is 1. The third-order valence-electron chi connectivity index (χ3n) is 5.79. The molecule has 1 saturated heterocycles. The minimum absolute atomic E-state index is 0.347. The van der Waals surface area contributed by atoms with Gasteiger partial charge in [0.25, 0.3) is 0 Å². The van der Waals surface area contributed by atoms with Gasteiger partial charge in [-0.3, -0.25) is 0 Å². The van der Waals surface area contributed by atoms with Crippen molar-refractivity contribution in [3.63, 3.8) is 0 Å². The SMILES string of the molecule is C1CC[NH2+]CC1.S=C([S-])C12CC3CC(CC(C3)C1)C2. The minimum atomic E-state index is 0.347. The molecule has 2 N–H and O–H groups in total. The maximum absolute atomic E-state index is 5.30. The number of quaternary nitrogens is 1. The van der Waals surface area contributed by atoms with E-state index in [1.807, 2.05) is 0 Å². The summed E-state index contributed by atoms with van der Waals surface area (Å²) in [4.78, 5) is 0. The Balaban J connectivity index is 0.000000155. The van der Waals surface area contributed by atoms with Crippen LogP contribution in [0.1, 0.15) is 57.8 Å². The number of hydrogen-bond donors (Lipinski definition) is 1. The van der Waals surface area contributed by atoms with Gasteiger partial charge in [0.05, 0.1) is 13.1 Å². The molecule has 1 nitrogen and oxygen atoms in total. The average Bonchev–Trinajstić information content (AvgIpc) is 2.40. The Morgan fingerprint density at radius 2 is 1.37 bits per heavy atom. The first kappa shape index (κ1) is 14.2. The molecule has 3 heteroatoms. The van der Waals surface area contributed by atoms with Crippen molar-refractivity contribution in [3.8, 4) is 0 Å². The normalized spacial score (nSPS) is 43.5. The van der Waals surface area contributed by atoms with Crippen LogP contribution in [0.25, 0.3) is 0 Å². The monoisotopic (exact) mass is 297 g/mol. The second-order valence-electron chi connectivity index (χ2n) is 7.41. The van der Waals surface area contributed by atoms with Crippen LogP contribution in [-0.2, 0) is 12.6 Å². The highest BCUT2D eigenvalue weighted by Crippen LogP contribution is 2.60. The summed E-state index contributed by atoms with van der Waals surface area (Å²) >= 11 is 10.6. The third kappa shape index (κ3) is 3.14. The van der Waals surface area contributed by atoms with Crippen LogP contribution in [0.15, 0.2) is 0 Å². The Labute approximate surface area is 128 Å². The van der Waals surface area contributed by atoms with Crippen molar-refractivity contribution in [3.05, 3.63) is 0 Å². The molecule has 1 aliphatic heterocycles. The first-order valence-corrected chi connectivity index (χ1v) is 9.03. The molecule has 5 rings (SSSR count). The van der Waals surface area contributed by atoms with Crippen LogP contribution in [0.3, 0.4) is 0 Å². The first-order valence-electron chi connectivity index (χ1n) is 8.21. The smallest absolute Gasteiger partial charge is 0.0755 e. The van der Waals surface area contributed by atoms with E-state index >= 15 is 0 Å². The molecule has 0 amide bonds. The molecule has 4 aliphatic carbocycles. The fourth-order valence-electron chi connectivity index (χ4n) is 5.26. The quantitative estimate of drug-likeness (QED) is 0.592. The summed E-state index contributed by atoms with van der Waals surface area (Å²) < 4.78 is 0.909. The van der Waals surface area contributed by atoms with Crippen LogP contribution in [0.2, 0.25) is 0 Å². The van der Waals surface area contributed by atoms with Gasteiger partial charge in [-0.1, -0.05) is 0 Å². The van der Waals surface area contributed by atoms with Gasteiger partial charge in [-0.2, -0.15) is 0 Å². The summed E-state index contributed by atoms with van der Waals surface area (Å²) in [5, 5.41) is 2.39. The zero-order chi connectivity index (χ0) is 13.3. The van der Waals surface area contributed by atoms with E-state index in [9.17, 15) is 0 Å². The molecule has 0 aromatic carbocycles. The van der Waals surface area contributed by atoms with Crippen LogP contribution < -0.4 is 5.32 Å². The van der Waals surface area contributed by atoms with Crippen LogP contribution in [0, 0.1) is 23.2 Å². The van der Waals surface area contributed by atoms with Gasteiger partial charge in [0.2, 0.25) is 0 Å². The van der Waals surface area contributed by atoms with Crippen molar-refractivity contribution >= 4 is 29.0 Å². The molecule has 5 fully saturated rings. The second-order valence-corrected chi connectivity index (χ2v) is 8.49. The van der Waals surface area contributed by atoms with Crippen molar-refractivity contribution in [1.29, 1.82) is 0 Å². The predicted octanol–water partition coefficient (Wildman–Crippen LogP) is 2.81. The van der Waals surface area contributed by atoms with Gasteiger partial charge in [-0.15, -0.1) is 4.20 Å². The Morgan fingerprint density at radius 3 is 1.63 bits per heavy atom. The van der Waals surface area contributed by atoms with E-state index in [1.54, 1.807) is 0 Å². The van der Waals surface area contributed by atoms with Gasteiger partial charge < -0.3 is 30.2 Å². The zero-order valence-electron chi connectivity index (χ0n) is 11.9. The Bertz CT molecular complexity index is 289. The third-order valence-corrected chi connectivity index (χ3v) is 6.65. The van der Waals surface area contributed by atoms with Gasteiger partial charge >= 0.3 is 0 Å². The van der Waals surface area contributed by atoms with E-state index in [1.165, 1.54) is 70.9 Å². The van der Waals surface area contributed by atoms with Crippen molar-refractivity contribution in [2.75, 3.05) is 13.1 Å². The van der Waals surface area contributed by atoms with Gasteiger partial charge in [0.15, 0.2) is 0 Å². The molecule has 4 bridgehead atoms. The predicted molar refractivity (Wildman–Crippen MR) is 86.1 cm³/mol. The topological polar surface area (TPSA) is 16.6 Å². The maximum atomic E-state index is 5.30. The number of piperidine rings is 1. The lowest BCUT2D eigenvalue weighted by Gasteiger charge is -2.58. The summed E-state index contributed by atoms with van der Waals surface area (Å²) in [5.41, 5.74) is 0.347. The fraction of sp³-hybridized carbons (Fsp3) is 0.938. The van der Waals surface area contributed by atoms with Crippen LogP contribution in [-0.4, -0.2) is 17.3 Å². The first-order chi connectivity index (χ1) is 9.18. The largest absolute Gasteiger partial charge is 0.432 e. The average molecular weight is 298 g/mol. The molecule has 5 aliphatic rings. The maximum Gasteiger partial charge on any atom is 0.0755 e. The zero-order valence-corrected chi connectivity index (χ0v) is 13.5. The van der Waals surface area contributed by atoms with E-state index in [-0.39, 0.29) is 0 Å². The highest BCUT2D eigenvalue weighted by atomic mass is 32.1. The van der Waals surface area contributed by atoms with E-state index in [4.69, 9.17) is 24.8 Å². The van der Waals surface area contributed by atoms with Crippen molar-refractivity contribution in [2.24, 2.45) is 23.2 Å². The van der Waals surface area contributed by atoms with Crippen molar-refractivity contribution < 1.29 is 5.32 Å². The van der Waals surface area contributed by atoms with Crippen molar-refractivity contribution in [1.82, 2.24) is 0 Å². The Morgan fingerprint density at radius 1 is 0.895 bits per heavy atom. The molecule has 108 valence electrons. The summed E-state index contributed by atoms with van der Waals surface area (Å²) in [7, 11) is 0. The minimum Gasteiger partial charge on any atom is -0.432 e. The molecule has 0 aromatic rings. The van der Waals surface area contributed by atoms with Gasteiger partial charge in [-0.25, -0.2) is 0 Å². The molecule has 0 radical (unpaired) electrons. The fourth-order valence-corrected chi connectivity index (χ4v) is 5.76. The van der Waals surface area contributed by atoms with Gasteiger partial charge in [-0.05, 0) is 81.0 Å².